The van der Waals surface area contributed by atoms with E-state index < -0.39 is 0 Å². The van der Waals surface area contributed by atoms with E-state index in [0.717, 1.165) is 12.8 Å². The van der Waals surface area contributed by atoms with Gasteiger partial charge in [0.25, 0.3) is 5.88 Å². The van der Waals surface area contributed by atoms with Crippen molar-refractivity contribution in [2.75, 3.05) is 19.5 Å². The Kier molecular flexibility index (Phi) is 4.45. The molecule has 5 heteroatoms. The molecule has 1 aliphatic carbocycles. The Labute approximate surface area is 114 Å². The molecule has 1 saturated carbocycles. The van der Waals surface area contributed by atoms with Crippen LogP contribution in [0.5, 0.6) is 11.6 Å². The van der Waals surface area contributed by atoms with Crippen LogP contribution in [0.1, 0.15) is 33.1 Å². The monoisotopic (exact) mass is 265 g/mol. The third kappa shape index (κ3) is 3.28. The number of nitrogens with zero attached hydrogens (tertiary/aromatic N) is 2. The van der Waals surface area contributed by atoms with E-state index in [2.05, 4.69) is 29.1 Å². The van der Waals surface area contributed by atoms with Crippen LogP contribution in [0.4, 0.5) is 5.82 Å². The predicted molar refractivity (Wildman–Crippen MR) is 74.7 cm³/mol. The minimum Gasteiger partial charge on any atom is -0.489 e. The highest BCUT2D eigenvalue weighted by Crippen LogP contribution is 2.35. The maximum absolute atomic E-state index is 6.04. The molecule has 1 aliphatic rings. The molecule has 0 spiro atoms. The van der Waals surface area contributed by atoms with Crippen LogP contribution in [0.25, 0.3) is 0 Å². The molecule has 106 valence electrons. The third-order valence-electron chi connectivity index (χ3n) is 3.63. The summed E-state index contributed by atoms with van der Waals surface area (Å²) in [5, 5.41) is 2.99. The first-order valence-electron chi connectivity index (χ1n) is 6.87. The Morgan fingerprint density at radius 3 is 2.42 bits per heavy atom. The highest BCUT2D eigenvalue weighted by molar-refractivity contribution is 5.54. The van der Waals surface area contributed by atoms with E-state index in [0.29, 0.717) is 29.3 Å². The molecule has 0 amide bonds. The fourth-order valence-corrected chi connectivity index (χ4v) is 2.93. The summed E-state index contributed by atoms with van der Waals surface area (Å²) in [5.41, 5.74) is 0. The summed E-state index contributed by atoms with van der Waals surface area (Å²) in [5.74, 6) is 3.17. The van der Waals surface area contributed by atoms with Gasteiger partial charge in [-0.3, -0.25) is 0 Å². The van der Waals surface area contributed by atoms with E-state index in [9.17, 15) is 0 Å². The molecule has 0 aliphatic heterocycles. The molecule has 19 heavy (non-hydrogen) atoms. The number of anilines is 1. The molecule has 0 aromatic carbocycles. The molecule has 0 radical (unpaired) electrons. The first-order chi connectivity index (χ1) is 9.13. The van der Waals surface area contributed by atoms with Gasteiger partial charge in [-0.15, -0.1) is 0 Å². The summed E-state index contributed by atoms with van der Waals surface area (Å²) in [6.07, 6.45) is 5.15. The Morgan fingerprint density at radius 2 is 1.84 bits per heavy atom. The van der Waals surface area contributed by atoms with Crippen LogP contribution >= 0.6 is 0 Å². The summed E-state index contributed by atoms with van der Waals surface area (Å²) in [6.45, 7) is 4.56. The minimum absolute atomic E-state index is 0.215. The van der Waals surface area contributed by atoms with Crippen molar-refractivity contribution in [3.63, 3.8) is 0 Å². The molecule has 5 nitrogen and oxygen atoms in total. The van der Waals surface area contributed by atoms with Gasteiger partial charge in [-0.05, 0) is 31.1 Å². The first-order valence-corrected chi connectivity index (χ1v) is 6.87. The van der Waals surface area contributed by atoms with E-state index in [1.54, 1.807) is 14.2 Å². The van der Waals surface area contributed by atoms with Gasteiger partial charge in [-0.25, -0.2) is 4.98 Å². The predicted octanol–water partition coefficient (Wildman–Crippen LogP) is 2.73. The van der Waals surface area contributed by atoms with Crippen molar-refractivity contribution in [3.05, 3.63) is 6.33 Å². The molecular weight excluding hydrogens is 242 g/mol. The van der Waals surface area contributed by atoms with Crippen LogP contribution < -0.4 is 14.8 Å². The summed E-state index contributed by atoms with van der Waals surface area (Å²) >= 11 is 0. The van der Waals surface area contributed by atoms with Crippen molar-refractivity contribution < 1.29 is 9.47 Å². The SMILES string of the molecule is CNc1ncnc(OC2CC(C)CC(C)C2)c1OC. The maximum Gasteiger partial charge on any atom is 0.262 e. The van der Waals surface area contributed by atoms with E-state index >= 15 is 0 Å². The Bertz CT molecular complexity index is 415. The van der Waals surface area contributed by atoms with Crippen LogP contribution in [0.15, 0.2) is 6.33 Å². The quantitative estimate of drug-likeness (QED) is 0.907. The topological polar surface area (TPSA) is 56.3 Å². The number of rotatable bonds is 4. The van der Waals surface area contributed by atoms with E-state index in [1.165, 1.54) is 12.7 Å². The second-order valence-electron chi connectivity index (χ2n) is 5.47. The molecule has 1 fully saturated rings. The first kappa shape index (κ1) is 13.9. The molecule has 2 rings (SSSR count). The maximum atomic E-state index is 6.04. The zero-order valence-corrected chi connectivity index (χ0v) is 12.1. The number of hydrogen-bond donors (Lipinski definition) is 1. The van der Waals surface area contributed by atoms with Crippen molar-refractivity contribution in [2.45, 2.75) is 39.2 Å². The lowest BCUT2D eigenvalue weighted by atomic mass is 9.82. The van der Waals surface area contributed by atoms with Crippen LogP contribution in [0.3, 0.4) is 0 Å². The number of aromatic nitrogens is 2. The lowest BCUT2D eigenvalue weighted by Crippen LogP contribution is -2.29. The van der Waals surface area contributed by atoms with Crippen molar-refractivity contribution in [3.8, 4) is 11.6 Å². The minimum atomic E-state index is 0.215. The fourth-order valence-electron chi connectivity index (χ4n) is 2.93. The van der Waals surface area contributed by atoms with E-state index in [4.69, 9.17) is 9.47 Å². The summed E-state index contributed by atoms with van der Waals surface area (Å²) in [7, 11) is 3.41. The van der Waals surface area contributed by atoms with Crippen LogP contribution in [-0.4, -0.2) is 30.2 Å². The van der Waals surface area contributed by atoms with Gasteiger partial charge in [0.1, 0.15) is 12.4 Å². The van der Waals surface area contributed by atoms with Gasteiger partial charge in [-0.2, -0.15) is 4.98 Å². The zero-order chi connectivity index (χ0) is 13.8. The average molecular weight is 265 g/mol. The Balaban J connectivity index is 2.14. The Morgan fingerprint density at radius 1 is 1.16 bits per heavy atom. The summed E-state index contributed by atoms with van der Waals surface area (Å²) in [4.78, 5) is 8.33. The van der Waals surface area contributed by atoms with Gasteiger partial charge in [0.2, 0.25) is 5.75 Å². The smallest absolute Gasteiger partial charge is 0.262 e. The van der Waals surface area contributed by atoms with Crippen LogP contribution in [0.2, 0.25) is 0 Å². The molecule has 0 bridgehead atoms. The van der Waals surface area contributed by atoms with Crippen LogP contribution in [-0.2, 0) is 0 Å². The van der Waals surface area contributed by atoms with Crippen molar-refractivity contribution >= 4 is 5.82 Å². The average Bonchev–Trinajstić information content (AvgIpc) is 2.37. The second-order valence-corrected chi connectivity index (χ2v) is 5.47. The van der Waals surface area contributed by atoms with Gasteiger partial charge in [-0.1, -0.05) is 13.8 Å². The highest BCUT2D eigenvalue weighted by atomic mass is 16.5. The number of ether oxygens (including phenoxy) is 2. The highest BCUT2D eigenvalue weighted by Gasteiger charge is 2.27. The van der Waals surface area contributed by atoms with Gasteiger partial charge < -0.3 is 14.8 Å². The molecule has 1 aromatic heterocycles. The summed E-state index contributed by atoms with van der Waals surface area (Å²) in [6, 6.07) is 0. The lowest BCUT2D eigenvalue weighted by Gasteiger charge is -2.31. The number of hydrogen-bond acceptors (Lipinski definition) is 5. The standard InChI is InChI=1S/C14H23N3O2/c1-9-5-10(2)7-11(6-9)19-14-12(18-4)13(15-3)16-8-17-14/h8-11H,5-7H2,1-4H3,(H,15,16,17). The largest absolute Gasteiger partial charge is 0.489 e. The van der Waals surface area contributed by atoms with Gasteiger partial charge in [0.15, 0.2) is 5.82 Å². The number of nitrogens with one attached hydrogen (secondary N) is 1. The molecule has 1 heterocycles. The molecule has 1 N–H and O–H groups in total. The molecule has 2 atom stereocenters. The van der Waals surface area contributed by atoms with Gasteiger partial charge in [0.05, 0.1) is 7.11 Å². The lowest BCUT2D eigenvalue weighted by molar-refractivity contribution is 0.0933. The molecule has 0 saturated heterocycles. The normalized spacial score (nSPS) is 26.8. The van der Waals surface area contributed by atoms with E-state index in [-0.39, 0.29) is 6.10 Å². The van der Waals surface area contributed by atoms with Crippen LogP contribution in [0, 0.1) is 11.8 Å². The molecular formula is C14H23N3O2. The van der Waals surface area contributed by atoms with Gasteiger partial charge >= 0.3 is 0 Å². The number of methoxy groups -OCH3 is 1. The molecule has 2 unspecified atom stereocenters. The summed E-state index contributed by atoms with van der Waals surface area (Å²) < 4.78 is 11.4. The van der Waals surface area contributed by atoms with Crippen molar-refractivity contribution in [1.29, 1.82) is 0 Å². The third-order valence-corrected chi connectivity index (χ3v) is 3.63. The second kappa shape index (κ2) is 6.08. The van der Waals surface area contributed by atoms with Gasteiger partial charge in [0, 0.05) is 7.05 Å². The van der Waals surface area contributed by atoms with Crippen molar-refractivity contribution in [1.82, 2.24) is 9.97 Å². The zero-order valence-electron chi connectivity index (χ0n) is 12.1. The molecule has 1 aromatic rings. The fraction of sp³-hybridized carbons (Fsp3) is 0.714. The van der Waals surface area contributed by atoms with Crippen molar-refractivity contribution in [2.24, 2.45) is 11.8 Å². The Hall–Kier alpha value is -1.52. The van der Waals surface area contributed by atoms with E-state index in [1.807, 2.05) is 0 Å².